The van der Waals surface area contributed by atoms with Crippen LogP contribution in [0.25, 0.3) is 0 Å². The Hall–Kier alpha value is -1.71. The van der Waals surface area contributed by atoms with Gasteiger partial charge in [-0.2, -0.15) is 4.98 Å². The van der Waals surface area contributed by atoms with E-state index in [-0.39, 0.29) is 5.41 Å². The number of aromatic nitrogens is 3. The molecule has 1 fully saturated rings. The Morgan fingerprint density at radius 3 is 2.79 bits per heavy atom. The van der Waals surface area contributed by atoms with E-state index >= 15 is 0 Å². The molecule has 2 aromatic rings. The summed E-state index contributed by atoms with van der Waals surface area (Å²) >= 11 is 0. The first-order valence-electron chi connectivity index (χ1n) is 6.89. The molecule has 2 heterocycles. The van der Waals surface area contributed by atoms with Gasteiger partial charge in [-0.25, -0.2) is 0 Å². The molecule has 0 saturated heterocycles. The second kappa shape index (κ2) is 4.76. The van der Waals surface area contributed by atoms with Crippen LogP contribution in [0.3, 0.4) is 0 Å². The van der Waals surface area contributed by atoms with Crippen molar-refractivity contribution in [2.45, 2.75) is 51.4 Å². The van der Waals surface area contributed by atoms with Crippen LogP contribution in [0.4, 0.5) is 0 Å². The summed E-state index contributed by atoms with van der Waals surface area (Å²) in [6.45, 7) is 4.27. The number of aryl methyl sites for hydroxylation is 3. The van der Waals surface area contributed by atoms with Gasteiger partial charge in [0.25, 0.3) is 0 Å². The molecule has 0 radical (unpaired) electrons. The normalized spacial score (nSPS) is 17.2. The lowest BCUT2D eigenvalue weighted by molar-refractivity contribution is 0.245. The standard InChI is InChI=1S/C15H19N3O/c1-11-8-12(10-16-9-11)4-5-13-17-14(18-19-13)15(2)6-3-7-15/h8-10H,3-7H2,1-2H3. The topological polar surface area (TPSA) is 51.8 Å². The maximum atomic E-state index is 5.36. The molecule has 0 bridgehead atoms. The minimum atomic E-state index is 0.159. The van der Waals surface area contributed by atoms with Crippen molar-refractivity contribution in [3.05, 3.63) is 41.3 Å². The van der Waals surface area contributed by atoms with Gasteiger partial charge < -0.3 is 4.52 Å². The fourth-order valence-electron chi connectivity index (χ4n) is 2.54. The van der Waals surface area contributed by atoms with Gasteiger partial charge in [-0.3, -0.25) is 4.98 Å². The van der Waals surface area contributed by atoms with Crippen molar-refractivity contribution < 1.29 is 4.52 Å². The molecule has 100 valence electrons. The van der Waals surface area contributed by atoms with Crippen LogP contribution in [-0.2, 0) is 18.3 Å². The van der Waals surface area contributed by atoms with E-state index < -0.39 is 0 Å². The van der Waals surface area contributed by atoms with Crippen LogP contribution >= 0.6 is 0 Å². The highest BCUT2D eigenvalue weighted by Gasteiger charge is 2.38. The summed E-state index contributed by atoms with van der Waals surface area (Å²) in [6, 6.07) is 2.15. The minimum absolute atomic E-state index is 0.159. The molecule has 1 aliphatic rings. The summed E-state index contributed by atoms with van der Waals surface area (Å²) < 4.78 is 5.36. The minimum Gasteiger partial charge on any atom is -0.339 e. The Bertz CT molecular complexity index is 572. The van der Waals surface area contributed by atoms with Crippen LogP contribution in [0, 0.1) is 6.92 Å². The Labute approximate surface area is 113 Å². The molecule has 0 unspecified atom stereocenters. The molecular formula is C15H19N3O. The van der Waals surface area contributed by atoms with E-state index in [9.17, 15) is 0 Å². The van der Waals surface area contributed by atoms with Crippen molar-refractivity contribution >= 4 is 0 Å². The predicted octanol–water partition coefficient (Wildman–Crippen LogP) is 3.00. The monoisotopic (exact) mass is 257 g/mol. The fraction of sp³-hybridized carbons (Fsp3) is 0.533. The van der Waals surface area contributed by atoms with Crippen molar-refractivity contribution in [2.75, 3.05) is 0 Å². The summed E-state index contributed by atoms with van der Waals surface area (Å²) in [5, 5.41) is 4.14. The number of hydrogen-bond acceptors (Lipinski definition) is 4. The average molecular weight is 257 g/mol. The maximum absolute atomic E-state index is 5.36. The predicted molar refractivity (Wildman–Crippen MR) is 71.9 cm³/mol. The Morgan fingerprint density at radius 1 is 1.26 bits per heavy atom. The van der Waals surface area contributed by atoms with Crippen molar-refractivity contribution in [3.8, 4) is 0 Å². The molecule has 0 aliphatic heterocycles. The zero-order valence-electron chi connectivity index (χ0n) is 11.5. The molecule has 3 rings (SSSR count). The first kappa shape index (κ1) is 12.3. The van der Waals surface area contributed by atoms with E-state index in [1.807, 2.05) is 12.4 Å². The van der Waals surface area contributed by atoms with E-state index in [0.717, 1.165) is 24.6 Å². The zero-order valence-corrected chi connectivity index (χ0v) is 11.5. The SMILES string of the molecule is Cc1cncc(CCc2nc(C3(C)CCC3)no2)c1. The van der Waals surface area contributed by atoms with Crippen molar-refractivity contribution in [1.29, 1.82) is 0 Å². The molecule has 0 N–H and O–H groups in total. The van der Waals surface area contributed by atoms with Crippen LogP contribution in [0.1, 0.15) is 49.0 Å². The fourth-order valence-corrected chi connectivity index (χ4v) is 2.54. The van der Waals surface area contributed by atoms with Crippen LogP contribution in [0.2, 0.25) is 0 Å². The lowest BCUT2D eigenvalue weighted by atomic mass is 9.70. The molecule has 4 heteroatoms. The number of pyridine rings is 1. The summed E-state index contributed by atoms with van der Waals surface area (Å²) in [5.41, 5.74) is 2.56. The quantitative estimate of drug-likeness (QED) is 0.845. The third-order valence-corrected chi connectivity index (χ3v) is 4.02. The highest BCUT2D eigenvalue weighted by atomic mass is 16.5. The van der Waals surface area contributed by atoms with Gasteiger partial charge in [0, 0.05) is 24.2 Å². The van der Waals surface area contributed by atoms with Crippen molar-refractivity contribution in [2.24, 2.45) is 0 Å². The van der Waals surface area contributed by atoms with Gasteiger partial charge in [0.05, 0.1) is 0 Å². The maximum Gasteiger partial charge on any atom is 0.226 e. The van der Waals surface area contributed by atoms with Gasteiger partial charge in [0.2, 0.25) is 5.89 Å². The molecule has 4 nitrogen and oxygen atoms in total. The van der Waals surface area contributed by atoms with Gasteiger partial charge in [-0.15, -0.1) is 0 Å². The molecular weight excluding hydrogens is 238 g/mol. The molecule has 2 aromatic heterocycles. The highest BCUT2D eigenvalue weighted by Crippen LogP contribution is 2.41. The first-order valence-corrected chi connectivity index (χ1v) is 6.89. The van der Waals surface area contributed by atoms with E-state index in [1.54, 1.807) is 0 Å². The van der Waals surface area contributed by atoms with Crippen molar-refractivity contribution in [3.63, 3.8) is 0 Å². The van der Waals surface area contributed by atoms with E-state index in [1.165, 1.54) is 30.4 Å². The number of hydrogen-bond donors (Lipinski definition) is 0. The van der Waals surface area contributed by atoms with Crippen LogP contribution in [0.15, 0.2) is 23.0 Å². The Balaban J connectivity index is 1.64. The molecule has 1 saturated carbocycles. The Morgan fingerprint density at radius 2 is 2.11 bits per heavy atom. The van der Waals surface area contributed by atoms with Crippen LogP contribution in [-0.4, -0.2) is 15.1 Å². The smallest absolute Gasteiger partial charge is 0.226 e. The largest absolute Gasteiger partial charge is 0.339 e. The van der Waals surface area contributed by atoms with Gasteiger partial charge in [-0.1, -0.05) is 24.6 Å². The lowest BCUT2D eigenvalue weighted by Crippen LogP contribution is -2.31. The molecule has 0 aromatic carbocycles. The molecule has 0 amide bonds. The lowest BCUT2D eigenvalue weighted by Gasteiger charge is -2.34. The third-order valence-electron chi connectivity index (χ3n) is 4.02. The highest BCUT2D eigenvalue weighted by molar-refractivity contribution is 5.17. The number of nitrogens with zero attached hydrogens (tertiary/aromatic N) is 3. The summed E-state index contributed by atoms with van der Waals surface area (Å²) in [5.74, 6) is 1.63. The Kier molecular flexibility index (Phi) is 3.09. The van der Waals surface area contributed by atoms with Crippen LogP contribution in [0.5, 0.6) is 0 Å². The van der Waals surface area contributed by atoms with Gasteiger partial charge in [-0.05, 0) is 37.3 Å². The van der Waals surface area contributed by atoms with Crippen LogP contribution < -0.4 is 0 Å². The molecule has 0 atom stereocenters. The second-order valence-corrected chi connectivity index (χ2v) is 5.80. The van der Waals surface area contributed by atoms with E-state index in [2.05, 4.69) is 35.0 Å². The second-order valence-electron chi connectivity index (χ2n) is 5.80. The van der Waals surface area contributed by atoms with E-state index in [4.69, 9.17) is 4.52 Å². The third kappa shape index (κ3) is 2.53. The van der Waals surface area contributed by atoms with Crippen molar-refractivity contribution in [1.82, 2.24) is 15.1 Å². The number of rotatable bonds is 4. The summed E-state index contributed by atoms with van der Waals surface area (Å²) in [6.07, 6.45) is 9.07. The summed E-state index contributed by atoms with van der Waals surface area (Å²) in [7, 11) is 0. The zero-order chi connectivity index (χ0) is 13.3. The van der Waals surface area contributed by atoms with Gasteiger partial charge in [0.1, 0.15) is 0 Å². The average Bonchev–Trinajstić information content (AvgIpc) is 2.83. The van der Waals surface area contributed by atoms with Gasteiger partial charge in [0.15, 0.2) is 5.82 Å². The summed E-state index contributed by atoms with van der Waals surface area (Å²) in [4.78, 5) is 8.74. The van der Waals surface area contributed by atoms with Gasteiger partial charge >= 0.3 is 0 Å². The van der Waals surface area contributed by atoms with E-state index in [0.29, 0.717) is 0 Å². The first-order chi connectivity index (χ1) is 9.16. The molecule has 0 spiro atoms. The molecule has 19 heavy (non-hydrogen) atoms. The molecule has 1 aliphatic carbocycles.